The molecule has 5 rings (SSSR count). The molecule has 2 fully saturated rings. The summed E-state index contributed by atoms with van der Waals surface area (Å²) in [6.07, 6.45) is -3.40. The molecule has 3 heterocycles. The number of nitrogens with zero attached hydrogens (tertiary/aromatic N) is 4. The second-order valence-corrected chi connectivity index (χ2v) is 10.9. The normalized spacial score (nSPS) is 21.2. The van der Waals surface area contributed by atoms with Crippen LogP contribution >= 0.6 is 0 Å². The lowest BCUT2D eigenvalue weighted by Gasteiger charge is -2.35. The lowest BCUT2D eigenvalue weighted by molar-refractivity contribution is -0.124. The number of alkyl halides is 4. The molecule has 0 radical (unpaired) electrons. The Kier molecular flexibility index (Phi) is 8.55. The fourth-order valence-corrected chi connectivity index (χ4v) is 5.47. The Morgan fingerprint density at radius 2 is 1.71 bits per heavy atom. The molecular weight excluding hydrogens is 538 g/mol. The van der Waals surface area contributed by atoms with Crippen LogP contribution in [0.5, 0.6) is 0 Å². The molecule has 0 spiro atoms. The number of aliphatic imine (C=N–C) groups is 1. The van der Waals surface area contributed by atoms with Crippen LogP contribution in [0.4, 0.5) is 28.9 Å². The van der Waals surface area contributed by atoms with Crippen LogP contribution in [0.25, 0.3) is 11.1 Å². The monoisotopic (exact) mass is 571 g/mol. The Labute approximate surface area is 236 Å². The van der Waals surface area contributed by atoms with Crippen molar-refractivity contribution in [3.8, 4) is 11.1 Å². The van der Waals surface area contributed by atoms with Gasteiger partial charge in [-0.1, -0.05) is 24.3 Å². The molecule has 1 atom stereocenters. The summed E-state index contributed by atoms with van der Waals surface area (Å²) in [6, 6.07) is 13.5. The Morgan fingerprint density at radius 3 is 2.41 bits per heavy atom. The van der Waals surface area contributed by atoms with Crippen molar-refractivity contribution in [1.82, 2.24) is 9.80 Å². The van der Waals surface area contributed by atoms with E-state index >= 15 is 0 Å². The van der Waals surface area contributed by atoms with Crippen LogP contribution in [-0.4, -0.2) is 86.5 Å². The average molecular weight is 572 g/mol. The number of likely N-dealkylation sites (tertiary alicyclic amines) is 1. The predicted octanol–water partition coefficient (Wildman–Crippen LogP) is 4.69. The number of benzene rings is 2. The van der Waals surface area contributed by atoms with Crippen molar-refractivity contribution in [3.05, 3.63) is 59.7 Å². The predicted molar refractivity (Wildman–Crippen MR) is 151 cm³/mol. The highest BCUT2D eigenvalue weighted by molar-refractivity contribution is 6.11. The van der Waals surface area contributed by atoms with Gasteiger partial charge in [0, 0.05) is 58.1 Å². The van der Waals surface area contributed by atoms with Gasteiger partial charge >= 0.3 is 6.18 Å². The number of piperazine rings is 1. The Balaban J connectivity index is 1.43. The first-order chi connectivity index (χ1) is 19.6. The van der Waals surface area contributed by atoms with Crippen LogP contribution < -0.4 is 10.2 Å². The highest BCUT2D eigenvalue weighted by atomic mass is 19.4. The largest absolute Gasteiger partial charge is 0.414 e. The summed E-state index contributed by atoms with van der Waals surface area (Å²) >= 11 is 0. The maximum Gasteiger partial charge on any atom is 0.414 e. The first-order valence-electron chi connectivity index (χ1n) is 13.8. The molecule has 3 aliphatic heterocycles. The number of anilines is 2. The molecule has 1 N–H and O–H groups in total. The summed E-state index contributed by atoms with van der Waals surface area (Å²) in [5, 5.41) is 2.72. The second kappa shape index (κ2) is 12.1. The minimum absolute atomic E-state index is 0.379. The van der Waals surface area contributed by atoms with Crippen LogP contribution in [0.2, 0.25) is 0 Å². The van der Waals surface area contributed by atoms with E-state index in [-0.39, 0.29) is 0 Å². The topological polar surface area (TPSA) is 68.2 Å². The van der Waals surface area contributed by atoms with Gasteiger partial charge in [0.2, 0.25) is 5.91 Å². The smallest absolute Gasteiger partial charge is 0.367 e. The number of carbonyl (C=O) groups is 2. The number of piperidine rings is 1. The molecule has 41 heavy (non-hydrogen) atoms. The van der Waals surface area contributed by atoms with Gasteiger partial charge in [-0.05, 0) is 54.8 Å². The van der Waals surface area contributed by atoms with E-state index in [1.807, 2.05) is 43.4 Å². The van der Waals surface area contributed by atoms with Crippen LogP contribution in [0.15, 0.2) is 59.1 Å². The van der Waals surface area contributed by atoms with Crippen LogP contribution in [0, 0.1) is 5.92 Å². The lowest BCUT2D eigenvalue weighted by Crippen LogP contribution is -2.44. The molecule has 3 aliphatic rings. The highest BCUT2D eigenvalue weighted by Crippen LogP contribution is 2.36. The Morgan fingerprint density at radius 1 is 1.00 bits per heavy atom. The fraction of sp³-hybridized carbons (Fsp3) is 0.433. The van der Waals surface area contributed by atoms with E-state index < -0.39 is 35.7 Å². The average Bonchev–Trinajstić information content (AvgIpc) is 2.94. The van der Waals surface area contributed by atoms with Crippen molar-refractivity contribution in [1.29, 1.82) is 0 Å². The van der Waals surface area contributed by atoms with Crippen molar-refractivity contribution in [2.45, 2.75) is 31.7 Å². The molecule has 0 aromatic heterocycles. The summed E-state index contributed by atoms with van der Waals surface area (Å²) in [5.41, 5.74) is 2.61. The van der Waals surface area contributed by atoms with Gasteiger partial charge in [-0.15, -0.1) is 0 Å². The number of nitrogens with one attached hydrogen (secondary N) is 1. The number of carbonyl (C=O) groups excluding carboxylic acids is 2. The van der Waals surface area contributed by atoms with E-state index in [4.69, 9.17) is 0 Å². The van der Waals surface area contributed by atoms with Crippen molar-refractivity contribution >= 4 is 29.4 Å². The molecular formula is C30H33F4N5O2. The number of halogens is 4. The van der Waals surface area contributed by atoms with E-state index in [0.29, 0.717) is 63.0 Å². The zero-order valence-corrected chi connectivity index (χ0v) is 22.8. The van der Waals surface area contributed by atoms with E-state index in [0.717, 1.165) is 36.0 Å². The third kappa shape index (κ3) is 7.02. The molecule has 0 bridgehead atoms. The summed E-state index contributed by atoms with van der Waals surface area (Å²) < 4.78 is 54.6. The molecule has 2 aromatic rings. The van der Waals surface area contributed by atoms with E-state index in [1.54, 1.807) is 6.07 Å². The maximum absolute atomic E-state index is 13.7. The molecule has 218 valence electrons. The first kappa shape index (κ1) is 28.9. The van der Waals surface area contributed by atoms with Gasteiger partial charge < -0.3 is 15.1 Å². The molecule has 1 unspecified atom stereocenters. The SMILES string of the molecule is CN1CCN(c2ccc(-c3cccc(CN4CCC(F)CC4)c3)cc2NC(=O)C2C=NC(=O)C=C2C(F)(F)F)CC1. The third-order valence-corrected chi connectivity index (χ3v) is 7.86. The molecule has 11 heteroatoms. The molecule has 0 saturated carbocycles. The first-order valence-corrected chi connectivity index (χ1v) is 13.8. The number of dihydropyridines is 1. The van der Waals surface area contributed by atoms with Crippen molar-refractivity contribution in [3.63, 3.8) is 0 Å². The summed E-state index contributed by atoms with van der Waals surface area (Å²) in [6.45, 7) is 5.07. The zero-order chi connectivity index (χ0) is 29.1. The van der Waals surface area contributed by atoms with E-state index in [2.05, 4.69) is 25.0 Å². The number of rotatable bonds is 6. The standard InChI is InChI=1S/C30H33F4N5O2/c1-37-11-13-39(14-12-37)27-6-5-22(21-4-2-3-20(15-21)19-38-9-7-23(31)8-10-38)16-26(27)36-29(41)24-18-35-28(40)17-25(24)30(32,33)34/h2-6,15-18,23-24H,7-14,19H2,1H3,(H,36,41). The summed E-state index contributed by atoms with van der Waals surface area (Å²) in [5.74, 6) is -3.70. The van der Waals surface area contributed by atoms with Gasteiger partial charge in [0.1, 0.15) is 12.1 Å². The molecule has 2 amide bonds. The minimum atomic E-state index is -4.86. The van der Waals surface area contributed by atoms with Crippen molar-refractivity contribution in [2.24, 2.45) is 10.9 Å². The third-order valence-electron chi connectivity index (χ3n) is 7.86. The number of amides is 2. The maximum atomic E-state index is 13.7. The number of hydrogen-bond donors (Lipinski definition) is 1. The van der Waals surface area contributed by atoms with Gasteiger partial charge in [-0.2, -0.15) is 13.2 Å². The quantitative estimate of drug-likeness (QED) is 0.510. The summed E-state index contributed by atoms with van der Waals surface area (Å²) in [4.78, 5) is 34.8. The van der Waals surface area contributed by atoms with Crippen LogP contribution in [-0.2, 0) is 16.1 Å². The minimum Gasteiger partial charge on any atom is -0.367 e. The summed E-state index contributed by atoms with van der Waals surface area (Å²) in [7, 11) is 2.02. The van der Waals surface area contributed by atoms with Gasteiger partial charge in [0.15, 0.2) is 0 Å². The van der Waals surface area contributed by atoms with Crippen molar-refractivity contribution < 1.29 is 27.2 Å². The molecule has 7 nitrogen and oxygen atoms in total. The zero-order valence-electron chi connectivity index (χ0n) is 22.8. The van der Waals surface area contributed by atoms with Gasteiger partial charge in [-0.25, -0.2) is 9.38 Å². The van der Waals surface area contributed by atoms with E-state index in [9.17, 15) is 27.2 Å². The molecule has 2 aromatic carbocycles. The van der Waals surface area contributed by atoms with Gasteiger partial charge in [0.05, 0.1) is 16.9 Å². The Hall–Kier alpha value is -3.57. The Bertz CT molecular complexity index is 1340. The molecule has 2 saturated heterocycles. The fourth-order valence-electron chi connectivity index (χ4n) is 5.47. The van der Waals surface area contributed by atoms with Crippen LogP contribution in [0.1, 0.15) is 18.4 Å². The number of hydrogen-bond acceptors (Lipinski definition) is 5. The second-order valence-electron chi connectivity index (χ2n) is 10.9. The van der Waals surface area contributed by atoms with Gasteiger partial charge in [0.25, 0.3) is 5.91 Å². The number of likely N-dealkylation sites (N-methyl/N-ethyl adjacent to an activating group) is 1. The van der Waals surface area contributed by atoms with Gasteiger partial charge in [-0.3, -0.25) is 14.5 Å². The van der Waals surface area contributed by atoms with E-state index in [1.165, 1.54) is 0 Å². The molecule has 0 aliphatic carbocycles. The van der Waals surface area contributed by atoms with Crippen molar-refractivity contribution in [2.75, 3.05) is 56.5 Å². The van der Waals surface area contributed by atoms with Crippen LogP contribution in [0.3, 0.4) is 0 Å². The lowest BCUT2D eigenvalue weighted by atomic mass is 9.95. The highest BCUT2D eigenvalue weighted by Gasteiger charge is 2.43.